The van der Waals surface area contributed by atoms with E-state index in [1.165, 1.54) is 11.1 Å². The SMILES string of the molecule is Cl.Cn1nnc2cc(CN3CCNCC3c3ccccc3Cl)ccc21. The van der Waals surface area contributed by atoms with Crippen LogP contribution < -0.4 is 5.32 Å². The Morgan fingerprint density at radius 3 is 2.92 bits per heavy atom. The van der Waals surface area contributed by atoms with Gasteiger partial charge in [-0.3, -0.25) is 4.90 Å². The van der Waals surface area contributed by atoms with Crippen LogP contribution in [0.4, 0.5) is 0 Å². The minimum Gasteiger partial charge on any atom is -0.314 e. The van der Waals surface area contributed by atoms with Gasteiger partial charge in [0.05, 0.1) is 5.52 Å². The Morgan fingerprint density at radius 1 is 1.24 bits per heavy atom. The van der Waals surface area contributed by atoms with Gasteiger partial charge in [-0.25, -0.2) is 4.68 Å². The number of halogens is 2. The van der Waals surface area contributed by atoms with E-state index in [0.29, 0.717) is 0 Å². The van der Waals surface area contributed by atoms with Crippen LogP contribution in [0.5, 0.6) is 0 Å². The van der Waals surface area contributed by atoms with Crippen molar-refractivity contribution in [1.29, 1.82) is 0 Å². The van der Waals surface area contributed by atoms with Crippen molar-refractivity contribution in [2.75, 3.05) is 19.6 Å². The van der Waals surface area contributed by atoms with Gasteiger partial charge >= 0.3 is 0 Å². The second-order valence-corrected chi connectivity index (χ2v) is 6.66. The third kappa shape index (κ3) is 3.65. The molecule has 3 aromatic rings. The summed E-state index contributed by atoms with van der Waals surface area (Å²) in [7, 11) is 1.92. The van der Waals surface area contributed by atoms with Crippen LogP contribution in [0.3, 0.4) is 0 Å². The van der Waals surface area contributed by atoms with Crippen LogP contribution in [-0.4, -0.2) is 39.5 Å². The van der Waals surface area contributed by atoms with Crippen LogP contribution in [0.15, 0.2) is 42.5 Å². The number of benzene rings is 2. The largest absolute Gasteiger partial charge is 0.314 e. The summed E-state index contributed by atoms with van der Waals surface area (Å²) in [6.45, 7) is 3.78. The van der Waals surface area contributed by atoms with Crippen LogP contribution in [0.2, 0.25) is 5.02 Å². The molecule has 0 saturated carbocycles. The van der Waals surface area contributed by atoms with Crippen molar-refractivity contribution in [2.24, 2.45) is 7.05 Å². The molecule has 1 fully saturated rings. The fourth-order valence-electron chi connectivity index (χ4n) is 3.41. The number of aromatic nitrogens is 3. The molecular weight excluding hydrogens is 357 g/mol. The van der Waals surface area contributed by atoms with Gasteiger partial charge in [0.1, 0.15) is 5.52 Å². The van der Waals surface area contributed by atoms with Gasteiger partial charge < -0.3 is 5.32 Å². The first-order valence-electron chi connectivity index (χ1n) is 8.20. The van der Waals surface area contributed by atoms with Crippen LogP contribution in [0.25, 0.3) is 11.0 Å². The Kier molecular flexibility index (Phi) is 5.59. The van der Waals surface area contributed by atoms with E-state index in [2.05, 4.69) is 50.9 Å². The molecule has 25 heavy (non-hydrogen) atoms. The molecule has 1 atom stereocenters. The Balaban J connectivity index is 0.00000182. The van der Waals surface area contributed by atoms with Crippen molar-refractivity contribution in [3.8, 4) is 0 Å². The predicted octanol–water partition coefficient (Wildman–Crippen LogP) is 3.19. The van der Waals surface area contributed by atoms with Crippen molar-refractivity contribution in [2.45, 2.75) is 12.6 Å². The van der Waals surface area contributed by atoms with E-state index in [-0.39, 0.29) is 18.4 Å². The molecule has 2 aromatic carbocycles. The fraction of sp³-hybridized carbons (Fsp3) is 0.333. The summed E-state index contributed by atoms with van der Waals surface area (Å²) in [5.74, 6) is 0. The van der Waals surface area contributed by atoms with Gasteiger partial charge in [0.25, 0.3) is 0 Å². The van der Waals surface area contributed by atoms with E-state index < -0.39 is 0 Å². The molecule has 1 saturated heterocycles. The topological polar surface area (TPSA) is 46.0 Å². The molecule has 7 heteroatoms. The molecule has 0 spiro atoms. The van der Waals surface area contributed by atoms with Crippen molar-refractivity contribution in [3.05, 3.63) is 58.6 Å². The van der Waals surface area contributed by atoms with Gasteiger partial charge in [-0.15, -0.1) is 17.5 Å². The van der Waals surface area contributed by atoms with E-state index in [1.54, 1.807) is 4.68 Å². The number of nitrogens with one attached hydrogen (secondary N) is 1. The Bertz CT molecular complexity index is 864. The normalized spacial score (nSPS) is 18.2. The monoisotopic (exact) mass is 377 g/mol. The molecule has 0 radical (unpaired) electrons. The molecule has 1 aromatic heterocycles. The zero-order valence-electron chi connectivity index (χ0n) is 14.0. The summed E-state index contributed by atoms with van der Waals surface area (Å²) in [6.07, 6.45) is 0. The summed E-state index contributed by atoms with van der Waals surface area (Å²) in [6, 6.07) is 14.8. The van der Waals surface area contributed by atoms with Gasteiger partial charge in [-0.1, -0.05) is 41.1 Å². The Morgan fingerprint density at radius 2 is 2.08 bits per heavy atom. The van der Waals surface area contributed by atoms with Crippen LogP contribution in [0, 0.1) is 0 Å². The van der Waals surface area contributed by atoms with E-state index in [9.17, 15) is 0 Å². The molecule has 1 aliphatic rings. The third-order valence-corrected chi connectivity index (χ3v) is 5.02. The zero-order valence-corrected chi connectivity index (χ0v) is 15.6. The average Bonchev–Trinajstić information content (AvgIpc) is 2.97. The zero-order chi connectivity index (χ0) is 16.5. The number of hydrogen-bond donors (Lipinski definition) is 1. The Labute approximate surface area is 158 Å². The second-order valence-electron chi connectivity index (χ2n) is 6.25. The molecule has 4 rings (SSSR count). The van der Waals surface area contributed by atoms with E-state index in [4.69, 9.17) is 11.6 Å². The number of nitrogens with zero attached hydrogens (tertiary/aromatic N) is 4. The molecular formula is C18H21Cl2N5. The van der Waals surface area contributed by atoms with Gasteiger partial charge in [0, 0.05) is 44.3 Å². The van der Waals surface area contributed by atoms with Crippen molar-refractivity contribution in [3.63, 3.8) is 0 Å². The van der Waals surface area contributed by atoms with Crippen LogP contribution in [0.1, 0.15) is 17.2 Å². The average molecular weight is 378 g/mol. The fourth-order valence-corrected chi connectivity index (χ4v) is 3.67. The third-order valence-electron chi connectivity index (χ3n) is 4.68. The predicted molar refractivity (Wildman–Crippen MR) is 103 cm³/mol. The molecule has 0 aliphatic carbocycles. The lowest BCUT2D eigenvalue weighted by atomic mass is 10.0. The number of rotatable bonds is 3. The number of aryl methyl sites for hydroxylation is 1. The molecule has 2 heterocycles. The van der Waals surface area contributed by atoms with Gasteiger partial charge in [0.2, 0.25) is 0 Å². The van der Waals surface area contributed by atoms with Gasteiger partial charge in [-0.05, 0) is 29.3 Å². The molecule has 1 N–H and O–H groups in total. The number of fused-ring (bicyclic) bond motifs is 1. The van der Waals surface area contributed by atoms with E-state index in [0.717, 1.165) is 42.2 Å². The standard InChI is InChI=1S/C18H20ClN5.ClH/c1-23-17-7-6-13(10-16(17)21-22-23)12-24-9-8-20-11-18(24)14-4-2-3-5-15(14)19;/h2-7,10,18,20H,8-9,11-12H2,1H3;1H. The molecule has 132 valence electrons. The minimum atomic E-state index is 0. The summed E-state index contributed by atoms with van der Waals surface area (Å²) >= 11 is 6.43. The van der Waals surface area contributed by atoms with Crippen molar-refractivity contribution < 1.29 is 0 Å². The maximum absolute atomic E-state index is 6.43. The second kappa shape index (κ2) is 7.70. The smallest absolute Gasteiger partial charge is 0.113 e. The van der Waals surface area contributed by atoms with Crippen molar-refractivity contribution in [1.82, 2.24) is 25.2 Å². The van der Waals surface area contributed by atoms with Crippen molar-refractivity contribution >= 4 is 35.0 Å². The molecule has 1 unspecified atom stereocenters. The highest BCUT2D eigenvalue weighted by atomic mass is 35.5. The lowest BCUT2D eigenvalue weighted by molar-refractivity contribution is 0.154. The summed E-state index contributed by atoms with van der Waals surface area (Å²) in [4.78, 5) is 2.48. The highest BCUT2D eigenvalue weighted by molar-refractivity contribution is 6.31. The van der Waals surface area contributed by atoms with E-state index in [1.807, 2.05) is 19.2 Å². The van der Waals surface area contributed by atoms with E-state index >= 15 is 0 Å². The number of hydrogen-bond acceptors (Lipinski definition) is 4. The van der Waals surface area contributed by atoms with Crippen LogP contribution in [-0.2, 0) is 13.6 Å². The van der Waals surface area contributed by atoms with Gasteiger partial charge in [-0.2, -0.15) is 0 Å². The Hall–Kier alpha value is -1.66. The summed E-state index contributed by atoms with van der Waals surface area (Å²) in [5.41, 5.74) is 4.44. The van der Waals surface area contributed by atoms with Gasteiger partial charge in [0.15, 0.2) is 0 Å². The molecule has 0 amide bonds. The lowest BCUT2D eigenvalue weighted by Gasteiger charge is -2.37. The lowest BCUT2D eigenvalue weighted by Crippen LogP contribution is -2.45. The molecule has 5 nitrogen and oxygen atoms in total. The first-order valence-corrected chi connectivity index (χ1v) is 8.57. The molecule has 1 aliphatic heterocycles. The highest BCUT2D eigenvalue weighted by Gasteiger charge is 2.25. The highest BCUT2D eigenvalue weighted by Crippen LogP contribution is 2.29. The number of piperazine rings is 1. The maximum atomic E-state index is 6.43. The quantitative estimate of drug-likeness (QED) is 0.761. The summed E-state index contributed by atoms with van der Waals surface area (Å²) < 4.78 is 1.80. The molecule has 0 bridgehead atoms. The van der Waals surface area contributed by atoms with Crippen LogP contribution >= 0.6 is 24.0 Å². The first kappa shape index (κ1) is 18.1. The first-order chi connectivity index (χ1) is 11.7. The minimum absolute atomic E-state index is 0. The maximum Gasteiger partial charge on any atom is 0.113 e. The summed E-state index contributed by atoms with van der Waals surface area (Å²) in [5, 5.41) is 12.6.